The molecule has 0 aliphatic rings. The molecule has 1 aromatic carbocycles. The first-order valence-corrected chi connectivity index (χ1v) is 4.87. The Labute approximate surface area is 92.5 Å². The number of rotatable bonds is 4. The second-order valence-corrected chi connectivity index (χ2v) is 3.24. The molecular weight excluding hydrogens is 214 g/mol. The van der Waals surface area contributed by atoms with Gasteiger partial charge in [-0.2, -0.15) is 0 Å². The second-order valence-electron chi connectivity index (χ2n) is 3.24. The quantitative estimate of drug-likeness (QED) is 0.582. The minimum absolute atomic E-state index is 0.0207. The predicted molar refractivity (Wildman–Crippen MR) is 56.6 cm³/mol. The summed E-state index contributed by atoms with van der Waals surface area (Å²) in [6.45, 7) is 5.62. The summed E-state index contributed by atoms with van der Waals surface area (Å²) in [7, 11) is 0. The fourth-order valence-electron chi connectivity index (χ4n) is 1.08. The van der Waals surface area contributed by atoms with E-state index in [2.05, 4.69) is 6.58 Å². The minimum atomic E-state index is -1.01. The molecule has 0 saturated heterocycles. The number of ether oxygens (including phenoxy) is 1. The lowest BCUT2D eigenvalue weighted by Gasteiger charge is -2.06. The van der Waals surface area contributed by atoms with E-state index in [4.69, 9.17) is 4.74 Å². The van der Waals surface area contributed by atoms with Crippen LogP contribution in [0.2, 0.25) is 0 Å². The number of halogens is 2. The fourth-order valence-corrected chi connectivity index (χ4v) is 1.08. The van der Waals surface area contributed by atoms with Gasteiger partial charge < -0.3 is 4.74 Å². The molecule has 0 heterocycles. The van der Waals surface area contributed by atoms with Gasteiger partial charge in [-0.3, -0.25) is 0 Å². The fraction of sp³-hybridized carbons (Fsp3) is 0.250. The van der Waals surface area contributed by atoms with E-state index >= 15 is 0 Å². The summed E-state index contributed by atoms with van der Waals surface area (Å²) in [5.74, 6) is -2.59. The first kappa shape index (κ1) is 12.4. The van der Waals surface area contributed by atoms with Gasteiger partial charge in [0.05, 0.1) is 12.2 Å². The molecule has 2 nitrogen and oxygen atoms in total. The van der Waals surface area contributed by atoms with Crippen molar-refractivity contribution < 1.29 is 18.3 Å². The zero-order valence-electron chi connectivity index (χ0n) is 8.93. The van der Waals surface area contributed by atoms with E-state index in [9.17, 15) is 13.6 Å². The Bertz CT molecular complexity index is 413. The van der Waals surface area contributed by atoms with Crippen molar-refractivity contribution in [3.8, 4) is 0 Å². The molecule has 0 unspecified atom stereocenters. The molecule has 0 fully saturated rings. The van der Waals surface area contributed by atoms with Crippen LogP contribution in [-0.4, -0.2) is 12.6 Å². The van der Waals surface area contributed by atoms with E-state index in [0.717, 1.165) is 12.1 Å². The molecule has 0 aromatic heterocycles. The lowest BCUT2D eigenvalue weighted by atomic mass is 10.1. The topological polar surface area (TPSA) is 26.3 Å². The van der Waals surface area contributed by atoms with Gasteiger partial charge in [-0.1, -0.05) is 19.6 Å². The van der Waals surface area contributed by atoms with Crippen molar-refractivity contribution in [3.63, 3.8) is 0 Å². The van der Waals surface area contributed by atoms with E-state index < -0.39 is 17.6 Å². The molecule has 0 radical (unpaired) electrons. The van der Waals surface area contributed by atoms with Crippen LogP contribution in [0.4, 0.5) is 8.78 Å². The molecule has 4 heteroatoms. The molecule has 0 bridgehead atoms. The second kappa shape index (κ2) is 5.39. The van der Waals surface area contributed by atoms with Gasteiger partial charge in [0.15, 0.2) is 11.6 Å². The Morgan fingerprint density at radius 1 is 1.38 bits per heavy atom. The van der Waals surface area contributed by atoms with Crippen molar-refractivity contribution in [2.75, 3.05) is 6.61 Å². The van der Waals surface area contributed by atoms with Crippen LogP contribution in [0.5, 0.6) is 0 Å². The molecule has 86 valence electrons. The lowest BCUT2D eigenvalue weighted by molar-refractivity contribution is -0.136. The van der Waals surface area contributed by atoms with Crippen molar-refractivity contribution in [2.24, 2.45) is 0 Å². The van der Waals surface area contributed by atoms with Crippen LogP contribution in [0.1, 0.15) is 18.9 Å². The average molecular weight is 226 g/mol. The van der Waals surface area contributed by atoms with E-state index in [1.165, 1.54) is 6.07 Å². The van der Waals surface area contributed by atoms with Gasteiger partial charge in [-0.25, -0.2) is 13.6 Å². The lowest BCUT2D eigenvalue weighted by Crippen LogP contribution is -2.07. The Morgan fingerprint density at radius 3 is 2.62 bits per heavy atom. The van der Waals surface area contributed by atoms with E-state index in [-0.39, 0.29) is 17.7 Å². The highest BCUT2D eigenvalue weighted by atomic mass is 19.2. The highest BCUT2D eigenvalue weighted by Crippen LogP contribution is 2.17. The number of hydrogen-bond acceptors (Lipinski definition) is 2. The normalized spacial score (nSPS) is 9.94. The molecule has 0 aliphatic carbocycles. The van der Waals surface area contributed by atoms with Gasteiger partial charge in [0.25, 0.3) is 0 Å². The predicted octanol–water partition coefficient (Wildman–Crippen LogP) is 2.93. The third kappa shape index (κ3) is 2.89. The highest BCUT2D eigenvalue weighted by Gasteiger charge is 2.12. The standard InChI is InChI=1S/C12H12F2O2/c1-3-6-16-12(15)8(2)9-4-5-10(13)11(14)7-9/h4-5,7H,2-3,6H2,1H3. The third-order valence-electron chi connectivity index (χ3n) is 1.95. The summed E-state index contributed by atoms with van der Waals surface area (Å²) in [6.07, 6.45) is 0.691. The molecule has 0 atom stereocenters. The van der Waals surface area contributed by atoms with Crippen LogP contribution in [-0.2, 0) is 9.53 Å². The largest absolute Gasteiger partial charge is 0.462 e. The van der Waals surface area contributed by atoms with Gasteiger partial charge >= 0.3 is 5.97 Å². The monoisotopic (exact) mass is 226 g/mol. The SMILES string of the molecule is C=C(C(=O)OCCC)c1ccc(F)c(F)c1. The maximum atomic E-state index is 12.9. The van der Waals surface area contributed by atoms with Crippen LogP contribution in [0.25, 0.3) is 5.57 Å². The minimum Gasteiger partial charge on any atom is -0.462 e. The molecule has 0 saturated carbocycles. The maximum Gasteiger partial charge on any atom is 0.338 e. The van der Waals surface area contributed by atoms with E-state index in [1.54, 1.807) is 0 Å². The Balaban J connectivity index is 2.80. The number of benzene rings is 1. The van der Waals surface area contributed by atoms with Gasteiger partial charge in [-0.15, -0.1) is 0 Å². The number of carbonyl (C=O) groups is 1. The summed E-state index contributed by atoms with van der Waals surface area (Å²) in [6, 6.07) is 3.15. The van der Waals surface area contributed by atoms with Crippen LogP contribution in [0, 0.1) is 11.6 Å². The third-order valence-corrected chi connectivity index (χ3v) is 1.95. The summed E-state index contributed by atoms with van der Waals surface area (Å²) in [5.41, 5.74) is 0.243. The van der Waals surface area contributed by atoms with Crippen molar-refractivity contribution in [1.29, 1.82) is 0 Å². The van der Waals surface area contributed by atoms with Gasteiger partial charge in [-0.05, 0) is 24.1 Å². The van der Waals surface area contributed by atoms with Crippen molar-refractivity contribution in [3.05, 3.63) is 42.0 Å². The molecule has 1 rings (SSSR count). The smallest absolute Gasteiger partial charge is 0.338 e. The van der Waals surface area contributed by atoms with Gasteiger partial charge in [0.1, 0.15) is 0 Å². The van der Waals surface area contributed by atoms with Crippen molar-refractivity contribution in [1.82, 2.24) is 0 Å². The van der Waals surface area contributed by atoms with Crippen LogP contribution < -0.4 is 0 Å². The Morgan fingerprint density at radius 2 is 2.06 bits per heavy atom. The zero-order chi connectivity index (χ0) is 12.1. The van der Waals surface area contributed by atoms with Crippen LogP contribution in [0.15, 0.2) is 24.8 Å². The molecule has 0 N–H and O–H groups in total. The molecular formula is C12H12F2O2. The maximum absolute atomic E-state index is 12.9. The van der Waals surface area contributed by atoms with Gasteiger partial charge in [0.2, 0.25) is 0 Å². The highest BCUT2D eigenvalue weighted by molar-refractivity contribution is 6.15. The average Bonchev–Trinajstić information content (AvgIpc) is 2.28. The number of esters is 1. The molecule has 1 aromatic rings. The summed E-state index contributed by atoms with van der Waals surface area (Å²) >= 11 is 0. The molecule has 16 heavy (non-hydrogen) atoms. The molecule has 0 amide bonds. The molecule has 0 spiro atoms. The number of carbonyl (C=O) groups excluding carboxylic acids is 1. The van der Waals surface area contributed by atoms with Crippen molar-refractivity contribution >= 4 is 11.5 Å². The van der Waals surface area contributed by atoms with Crippen LogP contribution >= 0.6 is 0 Å². The first-order chi connectivity index (χ1) is 7.56. The Hall–Kier alpha value is -1.71. The number of hydrogen-bond donors (Lipinski definition) is 0. The first-order valence-electron chi connectivity index (χ1n) is 4.87. The summed E-state index contributed by atoms with van der Waals surface area (Å²) < 4.78 is 30.4. The van der Waals surface area contributed by atoms with Crippen LogP contribution in [0.3, 0.4) is 0 Å². The van der Waals surface area contributed by atoms with Gasteiger partial charge in [0, 0.05) is 0 Å². The zero-order valence-corrected chi connectivity index (χ0v) is 8.93. The van der Waals surface area contributed by atoms with E-state index in [1.807, 2.05) is 6.92 Å². The summed E-state index contributed by atoms with van der Waals surface area (Å²) in [4.78, 5) is 11.4. The Kier molecular flexibility index (Phi) is 4.17. The van der Waals surface area contributed by atoms with E-state index in [0.29, 0.717) is 6.42 Å². The van der Waals surface area contributed by atoms with Crippen molar-refractivity contribution in [2.45, 2.75) is 13.3 Å². The summed E-state index contributed by atoms with van der Waals surface area (Å²) in [5, 5.41) is 0. The molecule has 0 aliphatic heterocycles.